The molecule has 0 unspecified atom stereocenters. The van der Waals surface area contributed by atoms with Gasteiger partial charge < -0.3 is 9.47 Å². The molecule has 2 aromatic rings. The normalized spacial score (nSPS) is 13.9. The van der Waals surface area contributed by atoms with Crippen LogP contribution in [0.5, 0.6) is 5.75 Å². The number of rotatable bonds is 7. The fourth-order valence-electron chi connectivity index (χ4n) is 3.71. The van der Waals surface area contributed by atoms with E-state index in [1.54, 1.807) is 24.3 Å². The van der Waals surface area contributed by atoms with E-state index < -0.39 is 11.6 Å². The number of methoxy groups -OCH3 is 1. The van der Waals surface area contributed by atoms with Crippen LogP contribution in [0.2, 0.25) is 0 Å². The fourth-order valence-corrected chi connectivity index (χ4v) is 3.71. The number of hydrogen-bond donors (Lipinski definition) is 0. The molecule has 150 valence electrons. The highest BCUT2D eigenvalue weighted by atomic mass is 16.7. The van der Waals surface area contributed by atoms with Crippen molar-refractivity contribution < 1.29 is 14.3 Å². The largest absolute Gasteiger partial charge is 0.513 e. The Hall–Kier alpha value is -3.33. The minimum absolute atomic E-state index is 0.425. The molecule has 0 fully saturated rings. The maximum atomic E-state index is 11.4. The monoisotopic (exact) mass is 388 g/mol. The minimum atomic E-state index is -0.743. The highest BCUT2D eigenvalue weighted by Gasteiger charge is 2.37. The van der Waals surface area contributed by atoms with Gasteiger partial charge in [0.25, 0.3) is 0 Å². The van der Waals surface area contributed by atoms with E-state index in [1.807, 2.05) is 24.3 Å². The fraction of sp³-hybridized carbons (Fsp3) is 0.192. The molecule has 0 bridgehead atoms. The topological polar surface area (TPSA) is 35.5 Å². The molecular formula is C26H28O3. The number of carbonyl (C=O) groups excluding carboxylic acids is 1. The van der Waals surface area contributed by atoms with Gasteiger partial charge in [-0.05, 0) is 44.0 Å². The number of carbonyl (C=O) groups is 1. The average molecular weight is 389 g/mol. The molecule has 3 nitrogen and oxygen atoms in total. The van der Waals surface area contributed by atoms with E-state index in [0.29, 0.717) is 5.75 Å². The molecule has 0 saturated heterocycles. The number of benzene rings is 2. The molecular weight excluding hydrogens is 360 g/mol. The Balaban J connectivity index is 2.77. The molecule has 0 saturated carbocycles. The summed E-state index contributed by atoms with van der Waals surface area (Å²) in [6.07, 6.45) is 6.91. The van der Waals surface area contributed by atoms with Crippen LogP contribution < -0.4 is 4.74 Å². The summed E-state index contributed by atoms with van der Waals surface area (Å²) in [7, 11) is 1.28. The first-order valence-corrected chi connectivity index (χ1v) is 9.43. The summed E-state index contributed by atoms with van der Waals surface area (Å²) in [4.78, 5) is 11.4. The van der Waals surface area contributed by atoms with Gasteiger partial charge in [0.15, 0.2) is 0 Å². The van der Waals surface area contributed by atoms with Crippen molar-refractivity contribution in [1.29, 1.82) is 0 Å². The van der Waals surface area contributed by atoms with Crippen LogP contribution in [0, 0.1) is 6.92 Å². The van der Waals surface area contributed by atoms with Crippen LogP contribution in [-0.4, -0.2) is 13.3 Å². The van der Waals surface area contributed by atoms with Gasteiger partial charge in [0.2, 0.25) is 0 Å². The van der Waals surface area contributed by atoms with Crippen LogP contribution in [0.4, 0.5) is 4.79 Å². The van der Waals surface area contributed by atoms with Crippen molar-refractivity contribution in [2.45, 2.75) is 26.2 Å². The van der Waals surface area contributed by atoms with Crippen LogP contribution in [0.15, 0.2) is 97.1 Å². The highest BCUT2D eigenvalue weighted by Crippen LogP contribution is 2.45. The van der Waals surface area contributed by atoms with E-state index in [0.717, 1.165) is 22.3 Å². The summed E-state index contributed by atoms with van der Waals surface area (Å²) in [5.74, 6) is 0.425. The summed E-state index contributed by atoms with van der Waals surface area (Å²) < 4.78 is 9.72. The lowest BCUT2D eigenvalue weighted by molar-refractivity contribution is 0.121. The molecule has 0 N–H and O–H groups in total. The molecule has 0 atom stereocenters. The lowest BCUT2D eigenvalue weighted by Crippen LogP contribution is -2.31. The van der Waals surface area contributed by atoms with Crippen molar-refractivity contribution in [3.63, 3.8) is 0 Å². The smallest absolute Gasteiger partial charge is 0.437 e. The standard InChI is InChI=1S/C26H28O3/c1-7-9-20(4)26(21(5)10-8-2,22-13-11-19(3)12-14-22)23-15-17-24(18-16-23)29-25(27)28-6/h7-18H,1-2H2,3-6H3/b20-9+,21-10+. The Morgan fingerprint density at radius 2 is 1.31 bits per heavy atom. The van der Waals surface area contributed by atoms with Gasteiger partial charge in [0, 0.05) is 0 Å². The second kappa shape index (κ2) is 9.74. The van der Waals surface area contributed by atoms with Gasteiger partial charge in [0.05, 0.1) is 12.5 Å². The molecule has 0 aliphatic carbocycles. The van der Waals surface area contributed by atoms with Gasteiger partial charge >= 0.3 is 6.16 Å². The van der Waals surface area contributed by atoms with Crippen molar-refractivity contribution in [3.8, 4) is 5.75 Å². The second-order valence-corrected chi connectivity index (χ2v) is 6.87. The molecule has 0 radical (unpaired) electrons. The van der Waals surface area contributed by atoms with Gasteiger partial charge in [-0.2, -0.15) is 0 Å². The minimum Gasteiger partial charge on any atom is -0.437 e. The molecule has 0 aliphatic rings. The summed E-state index contributed by atoms with van der Waals surface area (Å²) in [6.45, 7) is 14.0. The van der Waals surface area contributed by atoms with E-state index in [1.165, 1.54) is 12.7 Å². The third kappa shape index (κ3) is 4.57. The predicted molar refractivity (Wildman–Crippen MR) is 119 cm³/mol. The Morgan fingerprint density at radius 1 is 0.862 bits per heavy atom. The first kappa shape index (κ1) is 22.0. The molecule has 2 rings (SSSR count). The van der Waals surface area contributed by atoms with E-state index in [9.17, 15) is 4.79 Å². The number of hydrogen-bond acceptors (Lipinski definition) is 3. The van der Waals surface area contributed by atoms with Crippen LogP contribution in [0.25, 0.3) is 0 Å². The van der Waals surface area contributed by atoms with Crippen molar-refractivity contribution >= 4 is 6.16 Å². The first-order chi connectivity index (χ1) is 13.9. The van der Waals surface area contributed by atoms with Crippen molar-refractivity contribution in [3.05, 3.63) is 114 Å². The Bertz CT molecular complexity index is 905. The first-order valence-electron chi connectivity index (χ1n) is 9.43. The van der Waals surface area contributed by atoms with Crippen LogP contribution in [-0.2, 0) is 10.2 Å². The lowest BCUT2D eigenvalue weighted by atomic mass is 9.64. The zero-order valence-corrected chi connectivity index (χ0v) is 17.6. The van der Waals surface area contributed by atoms with E-state index in [-0.39, 0.29) is 0 Å². The van der Waals surface area contributed by atoms with Crippen molar-refractivity contribution in [2.24, 2.45) is 0 Å². The number of aryl methyl sites for hydroxylation is 1. The zero-order chi connectivity index (χ0) is 21.4. The van der Waals surface area contributed by atoms with E-state index in [2.05, 4.69) is 62.9 Å². The number of allylic oxidation sites excluding steroid dienone is 6. The second-order valence-electron chi connectivity index (χ2n) is 6.87. The molecule has 0 spiro atoms. The van der Waals surface area contributed by atoms with Gasteiger partial charge in [-0.3, -0.25) is 0 Å². The van der Waals surface area contributed by atoms with Gasteiger partial charge in [-0.1, -0.05) is 90.6 Å². The predicted octanol–water partition coefficient (Wildman–Crippen LogP) is 6.69. The Labute approximate surface area is 173 Å². The molecule has 0 heterocycles. The van der Waals surface area contributed by atoms with Gasteiger partial charge in [-0.25, -0.2) is 4.79 Å². The third-order valence-corrected chi connectivity index (χ3v) is 5.06. The Kier molecular flexibility index (Phi) is 7.38. The van der Waals surface area contributed by atoms with Crippen molar-refractivity contribution in [1.82, 2.24) is 0 Å². The molecule has 3 heteroatoms. The molecule has 0 aromatic heterocycles. The molecule has 0 amide bonds. The van der Waals surface area contributed by atoms with E-state index >= 15 is 0 Å². The maximum Gasteiger partial charge on any atom is 0.513 e. The zero-order valence-electron chi connectivity index (χ0n) is 17.6. The van der Waals surface area contributed by atoms with Crippen LogP contribution in [0.3, 0.4) is 0 Å². The van der Waals surface area contributed by atoms with Crippen LogP contribution >= 0.6 is 0 Å². The third-order valence-electron chi connectivity index (χ3n) is 5.06. The Morgan fingerprint density at radius 3 is 1.72 bits per heavy atom. The van der Waals surface area contributed by atoms with Gasteiger partial charge in [-0.15, -0.1) is 0 Å². The van der Waals surface area contributed by atoms with Gasteiger partial charge in [0.1, 0.15) is 5.75 Å². The summed E-state index contributed by atoms with van der Waals surface area (Å²) in [5.41, 5.74) is 5.10. The number of ether oxygens (including phenoxy) is 2. The lowest BCUT2D eigenvalue weighted by Gasteiger charge is -2.38. The summed E-state index contributed by atoms with van der Waals surface area (Å²) in [6, 6.07) is 16.0. The average Bonchev–Trinajstić information content (AvgIpc) is 2.71. The molecule has 29 heavy (non-hydrogen) atoms. The summed E-state index contributed by atoms with van der Waals surface area (Å²) in [5, 5.41) is 0. The quantitative estimate of drug-likeness (QED) is 0.301. The maximum absolute atomic E-state index is 11.4. The van der Waals surface area contributed by atoms with Crippen LogP contribution in [0.1, 0.15) is 30.5 Å². The SMILES string of the molecule is C=C/C=C(\C)C(/C(C)=C/C=C)(c1ccc(C)cc1)c1ccc(OC(=O)OC)cc1. The van der Waals surface area contributed by atoms with E-state index in [4.69, 9.17) is 4.74 Å². The molecule has 2 aromatic carbocycles. The summed E-state index contributed by atoms with van der Waals surface area (Å²) >= 11 is 0. The molecule has 0 aliphatic heterocycles. The highest BCUT2D eigenvalue weighted by molar-refractivity contribution is 5.64. The van der Waals surface area contributed by atoms with Crippen molar-refractivity contribution in [2.75, 3.05) is 7.11 Å².